The van der Waals surface area contributed by atoms with Crippen LogP contribution < -0.4 is 9.64 Å². The van der Waals surface area contributed by atoms with E-state index in [1.165, 1.54) is 0 Å². The minimum absolute atomic E-state index is 0.202. The molecule has 0 saturated heterocycles. The molecule has 0 aliphatic rings. The summed E-state index contributed by atoms with van der Waals surface area (Å²) in [6, 6.07) is 23.3. The molecular formula is C27H25NO4. The van der Waals surface area contributed by atoms with Crippen LogP contribution in [0.4, 0.5) is 17.1 Å². The van der Waals surface area contributed by atoms with Gasteiger partial charge in [-0.05, 0) is 104 Å². The Balaban J connectivity index is 1.80. The van der Waals surface area contributed by atoms with Gasteiger partial charge in [0.2, 0.25) is 0 Å². The van der Waals surface area contributed by atoms with E-state index in [4.69, 9.17) is 4.74 Å². The van der Waals surface area contributed by atoms with E-state index in [2.05, 4.69) is 4.90 Å². The van der Waals surface area contributed by atoms with Gasteiger partial charge in [-0.1, -0.05) is 6.07 Å². The standard InChI is InChI=1S/C27H25NO4/c1-17-13-21(29)7-10-25(17)28(26-11-8-22(30)14-18(26)2)20-5-4-6-23(16-20)32-24-9-12-27(31)19(3)15-24/h4-16,29-31H,1-3H3. The molecule has 4 rings (SSSR count). The van der Waals surface area contributed by atoms with Crippen LogP contribution in [0, 0.1) is 20.8 Å². The number of aryl methyl sites for hydroxylation is 3. The number of anilines is 3. The average Bonchev–Trinajstić information content (AvgIpc) is 2.74. The summed E-state index contributed by atoms with van der Waals surface area (Å²) >= 11 is 0. The van der Waals surface area contributed by atoms with E-state index in [1.807, 2.05) is 57.2 Å². The van der Waals surface area contributed by atoms with E-state index in [9.17, 15) is 15.3 Å². The maximum atomic E-state index is 9.91. The summed E-state index contributed by atoms with van der Waals surface area (Å²) in [4.78, 5) is 2.07. The fraction of sp³-hybridized carbons (Fsp3) is 0.111. The number of benzene rings is 4. The summed E-state index contributed by atoms with van der Waals surface area (Å²) in [6.07, 6.45) is 0. The first-order valence-corrected chi connectivity index (χ1v) is 10.3. The molecule has 0 aliphatic heterocycles. The molecule has 0 saturated carbocycles. The lowest BCUT2D eigenvalue weighted by Gasteiger charge is -2.29. The topological polar surface area (TPSA) is 73.2 Å². The highest BCUT2D eigenvalue weighted by atomic mass is 16.5. The number of hydrogen-bond donors (Lipinski definition) is 3. The molecule has 0 bridgehead atoms. The fourth-order valence-electron chi connectivity index (χ4n) is 3.70. The largest absolute Gasteiger partial charge is 0.508 e. The first-order chi connectivity index (χ1) is 15.3. The quantitative estimate of drug-likeness (QED) is 0.320. The molecule has 0 aliphatic carbocycles. The molecular weight excluding hydrogens is 402 g/mol. The molecule has 0 aromatic heterocycles. The Morgan fingerprint density at radius 1 is 0.594 bits per heavy atom. The normalized spacial score (nSPS) is 10.7. The molecule has 0 atom stereocenters. The molecule has 5 nitrogen and oxygen atoms in total. The van der Waals surface area contributed by atoms with E-state index in [-0.39, 0.29) is 17.2 Å². The van der Waals surface area contributed by atoms with Crippen LogP contribution in [0.2, 0.25) is 0 Å². The van der Waals surface area contributed by atoms with E-state index in [0.29, 0.717) is 11.5 Å². The second-order valence-electron chi connectivity index (χ2n) is 7.82. The van der Waals surface area contributed by atoms with Gasteiger partial charge in [0.05, 0.1) is 0 Å². The van der Waals surface area contributed by atoms with Crippen LogP contribution >= 0.6 is 0 Å². The molecule has 0 spiro atoms. The number of phenols is 3. The zero-order valence-corrected chi connectivity index (χ0v) is 18.2. The van der Waals surface area contributed by atoms with Crippen LogP contribution in [-0.2, 0) is 0 Å². The number of phenolic OH excluding ortho intramolecular Hbond substituents is 3. The Bertz CT molecular complexity index is 1230. The zero-order valence-electron chi connectivity index (χ0n) is 18.2. The monoisotopic (exact) mass is 427 g/mol. The predicted octanol–water partition coefficient (Wildman–Crippen LogP) is 6.99. The lowest BCUT2D eigenvalue weighted by molar-refractivity contribution is 0.460. The van der Waals surface area contributed by atoms with E-state index in [1.54, 1.807) is 42.5 Å². The molecule has 162 valence electrons. The Kier molecular flexibility index (Phi) is 5.65. The molecule has 0 fully saturated rings. The Morgan fingerprint density at radius 2 is 1.19 bits per heavy atom. The first-order valence-electron chi connectivity index (χ1n) is 10.3. The Morgan fingerprint density at radius 3 is 1.75 bits per heavy atom. The molecule has 0 heterocycles. The zero-order chi connectivity index (χ0) is 22.8. The van der Waals surface area contributed by atoms with Gasteiger partial charge in [0.15, 0.2) is 0 Å². The van der Waals surface area contributed by atoms with Gasteiger partial charge in [-0.2, -0.15) is 0 Å². The molecule has 4 aromatic carbocycles. The number of rotatable bonds is 5. The maximum Gasteiger partial charge on any atom is 0.129 e. The van der Waals surface area contributed by atoms with Crippen LogP contribution in [0.1, 0.15) is 16.7 Å². The number of nitrogens with zero attached hydrogens (tertiary/aromatic N) is 1. The molecule has 0 unspecified atom stereocenters. The molecule has 0 radical (unpaired) electrons. The van der Waals surface area contributed by atoms with Crippen molar-refractivity contribution in [2.75, 3.05) is 4.90 Å². The van der Waals surface area contributed by atoms with Crippen molar-refractivity contribution in [3.63, 3.8) is 0 Å². The maximum absolute atomic E-state index is 9.91. The summed E-state index contributed by atoms with van der Waals surface area (Å²) in [7, 11) is 0. The van der Waals surface area contributed by atoms with Crippen molar-refractivity contribution >= 4 is 17.1 Å². The van der Waals surface area contributed by atoms with Crippen LogP contribution in [0.25, 0.3) is 0 Å². The van der Waals surface area contributed by atoms with Crippen molar-refractivity contribution < 1.29 is 20.1 Å². The SMILES string of the molecule is Cc1cc(Oc2cccc(N(c3ccc(O)cc3C)c3ccc(O)cc3C)c2)ccc1O. The highest BCUT2D eigenvalue weighted by Gasteiger charge is 2.18. The third kappa shape index (κ3) is 4.32. The molecule has 5 heteroatoms. The van der Waals surface area contributed by atoms with E-state index in [0.717, 1.165) is 33.8 Å². The highest BCUT2D eigenvalue weighted by molar-refractivity contribution is 5.81. The highest BCUT2D eigenvalue weighted by Crippen LogP contribution is 2.41. The third-order valence-electron chi connectivity index (χ3n) is 5.32. The molecule has 0 amide bonds. The summed E-state index contributed by atoms with van der Waals surface area (Å²) in [5.41, 5.74) is 5.19. The van der Waals surface area contributed by atoms with E-state index < -0.39 is 0 Å². The number of hydrogen-bond acceptors (Lipinski definition) is 5. The first kappa shape index (κ1) is 21.1. The smallest absolute Gasteiger partial charge is 0.129 e. The molecule has 3 N–H and O–H groups in total. The fourth-order valence-corrected chi connectivity index (χ4v) is 3.70. The van der Waals surface area contributed by atoms with Crippen molar-refractivity contribution in [3.05, 3.63) is 95.6 Å². The van der Waals surface area contributed by atoms with Gasteiger partial charge < -0.3 is 25.0 Å². The van der Waals surface area contributed by atoms with Gasteiger partial charge in [-0.15, -0.1) is 0 Å². The van der Waals surface area contributed by atoms with E-state index >= 15 is 0 Å². The van der Waals surface area contributed by atoms with Gasteiger partial charge in [0.1, 0.15) is 28.7 Å². The van der Waals surface area contributed by atoms with Crippen LogP contribution in [0.5, 0.6) is 28.7 Å². The Hall–Kier alpha value is -4.12. The van der Waals surface area contributed by atoms with Crippen molar-refractivity contribution in [1.29, 1.82) is 0 Å². The molecule has 32 heavy (non-hydrogen) atoms. The summed E-state index contributed by atoms with van der Waals surface area (Å²) in [5.74, 6) is 1.90. The van der Waals surface area contributed by atoms with Gasteiger partial charge in [0.25, 0.3) is 0 Å². The van der Waals surface area contributed by atoms with Crippen LogP contribution in [-0.4, -0.2) is 15.3 Å². The minimum Gasteiger partial charge on any atom is -0.508 e. The van der Waals surface area contributed by atoms with Crippen LogP contribution in [0.3, 0.4) is 0 Å². The van der Waals surface area contributed by atoms with Crippen molar-refractivity contribution in [1.82, 2.24) is 0 Å². The van der Waals surface area contributed by atoms with Crippen molar-refractivity contribution in [3.8, 4) is 28.7 Å². The Labute approximate surface area is 187 Å². The number of aromatic hydroxyl groups is 3. The second-order valence-corrected chi connectivity index (χ2v) is 7.82. The third-order valence-corrected chi connectivity index (χ3v) is 5.32. The van der Waals surface area contributed by atoms with Gasteiger partial charge in [-0.3, -0.25) is 0 Å². The minimum atomic E-state index is 0.202. The number of ether oxygens (including phenoxy) is 1. The summed E-state index contributed by atoms with van der Waals surface area (Å²) in [6.45, 7) is 5.70. The summed E-state index contributed by atoms with van der Waals surface area (Å²) < 4.78 is 6.06. The van der Waals surface area contributed by atoms with Gasteiger partial charge in [-0.25, -0.2) is 0 Å². The predicted molar refractivity (Wildman–Crippen MR) is 127 cm³/mol. The lowest BCUT2D eigenvalue weighted by Crippen LogP contribution is -2.12. The lowest BCUT2D eigenvalue weighted by atomic mass is 10.1. The second kappa shape index (κ2) is 8.55. The average molecular weight is 428 g/mol. The van der Waals surface area contributed by atoms with Crippen molar-refractivity contribution in [2.45, 2.75) is 20.8 Å². The van der Waals surface area contributed by atoms with Gasteiger partial charge >= 0.3 is 0 Å². The van der Waals surface area contributed by atoms with Crippen molar-refractivity contribution in [2.24, 2.45) is 0 Å². The molecule has 4 aromatic rings. The van der Waals surface area contributed by atoms with Crippen LogP contribution in [0.15, 0.2) is 78.9 Å². The summed E-state index contributed by atoms with van der Waals surface area (Å²) in [5, 5.41) is 29.6. The van der Waals surface area contributed by atoms with Gasteiger partial charge in [0, 0.05) is 23.1 Å².